The average molecular weight is 405 g/mol. The van der Waals surface area contributed by atoms with E-state index in [1.807, 2.05) is 55.5 Å². The minimum Gasteiger partial charge on any atom is -0.467 e. The molecule has 0 saturated heterocycles. The maximum Gasteiger partial charge on any atom is 0.266 e. The fraction of sp³-hybridized carbons (Fsp3) is 0.136. The van der Waals surface area contributed by atoms with Gasteiger partial charge in [-0.25, -0.2) is 4.98 Å². The lowest BCUT2D eigenvalue weighted by Crippen LogP contribution is -2.28. The number of benzene rings is 2. The van der Waals surface area contributed by atoms with Gasteiger partial charge in [-0.1, -0.05) is 42.1 Å². The minimum atomic E-state index is -0.237. The number of furan rings is 1. The Bertz CT molecular complexity index is 1190. The lowest BCUT2D eigenvalue weighted by Gasteiger charge is -2.14. The molecule has 0 saturated carbocycles. The van der Waals surface area contributed by atoms with E-state index >= 15 is 0 Å². The van der Waals surface area contributed by atoms with Gasteiger partial charge in [0.05, 0.1) is 34.6 Å². The van der Waals surface area contributed by atoms with Gasteiger partial charge >= 0.3 is 0 Å². The van der Waals surface area contributed by atoms with E-state index < -0.39 is 0 Å². The quantitative estimate of drug-likeness (QED) is 0.388. The zero-order chi connectivity index (χ0) is 20.2. The molecule has 0 fully saturated rings. The topological polar surface area (TPSA) is 77.1 Å². The number of fused-ring (bicyclic) bond motifs is 1. The summed E-state index contributed by atoms with van der Waals surface area (Å²) in [4.78, 5) is 30.2. The molecule has 0 aliphatic heterocycles. The molecule has 1 atom stereocenters. The van der Waals surface area contributed by atoms with Crippen molar-refractivity contribution in [2.45, 2.75) is 18.1 Å². The molecule has 0 aliphatic rings. The molecule has 7 heteroatoms. The fourth-order valence-corrected chi connectivity index (χ4v) is 3.86. The van der Waals surface area contributed by atoms with Crippen LogP contribution in [0.1, 0.15) is 18.7 Å². The Labute approximate surface area is 171 Å². The van der Waals surface area contributed by atoms with E-state index in [0.29, 0.717) is 27.5 Å². The molecule has 0 radical (unpaired) electrons. The molecule has 2 aromatic carbocycles. The number of nitrogens with one attached hydrogen (secondary N) is 1. The number of carbonyl (C=O) groups excluding carboxylic acids is 1. The van der Waals surface area contributed by atoms with Crippen molar-refractivity contribution in [1.82, 2.24) is 14.9 Å². The molecule has 146 valence electrons. The van der Waals surface area contributed by atoms with Crippen LogP contribution in [-0.4, -0.2) is 21.2 Å². The molecule has 29 heavy (non-hydrogen) atoms. The molecule has 1 N–H and O–H groups in total. The second-order valence-corrected chi connectivity index (χ2v) is 7.42. The predicted octanol–water partition coefficient (Wildman–Crippen LogP) is 3.95. The Morgan fingerprint density at radius 1 is 1.10 bits per heavy atom. The van der Waals surface area contributed by atoms with E-state index in [-0.39, 0.29) is 23.3 Å². The van der Waals surface area contributed by atoms with Crippen molar-refractivity contribution in [3.8, 4) is 5.69 Å². The highest BCUT2D eigenvalue weighted by Gasteiger charge is 2.16. The maximum absolute atomic E-state index is 13.1. The number of hydrogen-bond donors (Lipinski definition) is 1. The van der Waals surface area contributed by atoms with Crippen molar-refractivity contribution in [2.24, 2.45) is 0 Å². The van der Waals surface area contributed by atoms with Crippen LogP contribution in [0.25, 0.3) is 16.6 Å². The van der Waals surface area contributed by atoms with Gasteiger partial charge < -0.3 is 9.73 Å². The number of carbonyl (C=O) groups is 1. The zero-order valence-corrected chi connectivity index (χ0v) is 16.6. The third-order valence-electron chi connectivity index (χ3n) is 4.44. The van der Waals surface area contributed by atoms with Crippen LogP contribution >= 0.6 is 11.8 Å². The molecule has 0 bridgehead atoms. The van der Waals surface area contributed by atoms with E-state index in [4.69, 9.17) is 4.42 Å². The van der Waals surface area contributed by atoms with E-state index in [1.54, 1.807) is 29.0 Å². The molecule has 1 unspecified atom stereocenters. The number of rotatable bonds is 6. The van der Waals surface area contributed by atoms with Crippen molar-refractivity contribution >= 4 is 28.6 Å². The van der Waals surface area contributed by atoms with Crippen molar-refractivity contribution < 1.29 is 9.21 Å². The highest BCUT2D eigenvalue weighted by Crippen LogP contribution is 2.21. The van der Waals surface area contributed by atoms with Gasteiger partial charge in [0, 0.05) is 0 Å². The van der Waals surface area contributed by atoms with E-state index in [9.17, 15) is 9.59 Å². The summed E-state index contributed by atoms with van der Waals surface area (Å²) in [5.74, 6) is 0.650. The summed E-state index contributed by atoms with van der Waals surface area (Å²) < 4.78 is 6.87. The van der Waals surface area contributed by atoms with E-state index in [0.717, 1.165) is 0 Å². The largest absolute Gasteiger partial charge is 0.467 e. The number of amides is 1. The van der Waals surface area contributed by atoms with Crippen LogP contribution in [0.4, 0.5) is 0 Å². The third-order valence-corrected chi connectivity index (χ3v) is 5.38. The van der Waals surface area contributed by atoms with Crippen molar-refractivity contribution in [1.29, 1.82) is 0 Å². The first-order valence-corrected chi connectivity index (χ1v) is 10.1. The summed E-state index contributed by atoms with van der Waals surface area (Å²) in [6, 6.07) is 19.9. The van der Waals surface area contributed by atoms with Gasteiger partial charge in [-0.05, 0) is 43.3 Å². The smallest absolute Gasteiger partial charge is 0.266 e. The zero-order valence-electron chi connectivity index (χ0n) is 15.7. The number of aromatic nitrogens is 2. The third kappa shape index (κ3) is 4.09. The molecule has 4 rings (SSSR count). The average Bonchev–Trinajstić information content (AvgIpc) is 3.28. The highest BCUT2D eigenvalue weighted by atomic mass is 32.2. The van der Waals surface area contributed by atoms with E-state index in [2.05, 4.69) is 10.3 Å². The fourth-order valence-electron chi connectivity index (χ4n) is 3.04. The molecule has 0 aliphatic carbocycles. The Morgan fingerprint density at radius 3 is 2.62 bits per heavy atom. The van der Waals surface area contributed by atoms with Crippen LogP contribution < -0.4 is 10.9 Å². The Hall–Kier alpha value is -3.32. The second-order valence-electron chi connectivity index (χ2n) is 6.48. The Kier molecular flexibility index (Phi) is 5.48. The summed E-state index contributed by atoms with van der Waals surface area (Å²) in [5, 5.41) is 3.91. The molecule has 2 heterocycles. The van der Waals surface area contributed by atoms with Crippen LogP contribution in [0.5, 0.6) is 0 Å². The Morgan fingerprint density at radius 2 is 1.86 bits per heavy atom. The summed E-state index contributed by atoms with van der Waals surface area (Å²) in [5.41, 5.74) is 1.16. The minimum absolute atomic E-state index is 0.128. The number of hydrogen-bond acceptors (Lipinski definition) is 5. The van der Waals surface area contributed by atoms with Gasteiger partial charge in [0.2, 0.25) is 5.91 Å². The lowest BCUT2D eigenvalue weighted by molar-refractivity contribution is -0.119. The molecular formula is C22H19N3O3S. The van der Waals surface area contributed by atoms with Gasteiger partial charge in [-0.2, -0.15) is 0 Å². The van der Waals surface area contributed by atoms with Gasteiger partial charge in [0.1, 0.15) is 5.76 Å². The maximum atomic E-state index is 13.1. The summed E-state index contributed by atoms with van der Waals surface area (Å²) in [6.07, 6.45) is 1.57. The SMILES string of the molecule is CC(NC(=O)CSc1nc2ccccc2c(=O)n1-c1ccccc1)c1ccco1. The second kappa shape index (κ2) is 8.36. The molecule has 4 aromatic rings. The van der Waals surface area contributed by atoms with Crippen molar-refractivity contribution in [3.63, 3.8) is 0 Å². The van der Waals surface area contributed by atoms with Crippen LogP contribution in [0.2, 0.25) is 0 Å². The number of thioether (sulfide) groups is 1. The van der Waals surface area contributed by atoms with E-state index in [1.165, 1.54) is 11.8 Å². The van der Waals surface area contributed by atoms with Crippen molar-refractivity contribution in [2.75, 3.05) is 5.75 Å². The van der Waals surface area contributed by atoms with Gasteiger partial charge in [-0.3, -0.25) is 14.2 Å². The molecule has 0 spiro atoms. The number of para-hydroxylation sites is 2. The molecule has 2 aromatic heterocycles. The van der Waals surface area contributed by atoms with Crippen LogP contribution in [-0.2, 0) is 4.79 Å². The molecular weight excluding hydrogens is 386 g/mol. The lowest BCUT2D eigenvalue weighted by atomic mass is 10.2. The standard InChI is InChI=1S/C22H19N3O3S/c1-15(19-12-7-13-28-19)23-20(26)14-29-22-24-18-11-6-5-10-17(18)21(27)25(22)16-8-3-2-4-9-16/h2-13,15H,14H2,1H3,(H,23,26). The molecule has 1 amide bonds. The number of nitrogens with zero attached hydrogens (tertiary/aromatic N) is 2. The van der Waals surface area contributed by atoms with Gasteiger partial charge in [-0.15, -0.1) is 0 Å². The molecule has 6 nitrogen and oxygen atoms in total. The van der Waals surface area contributed by atoms with Gasteiger partial charge in [0.15, 0.2) is 5.16 Å². The first-order chi connectivity index (χ1) is 14.1. The van der Waals surface area contributed by atoms with Crippen LogP contribution in [0.15, 0.2) is 87.4 Å². The highest BCUT2D eigenvalue weighted by molar-refractivity contribution is 7.99. The normalized spacial score (nSPS) is 12.0. The van der Waals surface area contributed by atoms with Gasteiger partial charge in [0.25, 0.3) is 5.56 Å². The van der Waals surface area contributed by atoms with Crippen molar-refractivity contribution in [3.05, 3.63) is 89.1 Å². The Balaban J connectivity index is 1.62. The van der Waals surface area contributed by atoms with Crippen LogP contribution in [0, 0.1) is 0 Å². The summed E-state index contributed by atoms with van der Waals surface area (Å²) in [7, 11) is 0. The van der Waals surface area contributed by atoms with Crippen LogP contribution in [0.3, 0.4) is 0 Å². The first-order valence-electron chi connectivity index (χ1n) is 9.16. The summed E-state index contributed by atoms with van der Waals surface area (Å²) >= 11 is 1.23. The first kappa shape index (κ1) is 19.0. The summed E-state index contributed by atoms with van der Waals surface area (Å²) in [6.45, 7) is 1.86. The monoisotopic (exact) mass is 405 g/mol. The predicted molar refractivity (Wildman–Crippen MR) is 113 cm³/mol.